The van der Waals surface area contributed by atoms with Crippen LogP contribution < -0.4 is 5.73 Å². The average Bonchev–Trinajstić information content (AvgIpc) is 2.86. The van der Waals surface area contributed by atoms with Crippen LogP contribution in [0.2, 0.25) is 0 Å². The van der Waals surface area contributed by atoms with Crippen molar-refractivity contribution in [2.45, 2.75) is 29.2 Å². The molecule has 0 bridgehead atoms. The normalized spacial score (nSPS) is 13.3. The van der Waals surface area contributed by atoms with E-state index in [-0.39, 0.29) is 5.84 Å². The van der Waals surface area contributed by atoms with Gasteiger partial charge in [0.2, 0.25) is 0 Å². The summed E-state index contributed by atoms with van der Waals surface area (Å²) >= 11 is 1.51. The number of nitrogens with two attached hydrogens (primary N) is 1. The van der Waals surface area contributed by atoms with E-state index < -0.39 is 0 Å². The molecule has 1 heterocycles. The van der Waals surface area contributed by atoms with Crippen LogP contribution in [0.5, 0.6) is 0 Å². The van der Waals surface area contributed by atoms with Crippen molar-refractivity contribution >= 4 is 17.6 Å². The Kier molecular flexibility index (Phi) is 3.21. The molecule has 0 unspecified atom stereocenters. The Labute approximate surface area is 115 Å². The lowest BCUT2D eigenvalue weighted by Gasteiger charge is -2.07. The second kappa shape index (κ2) is 5.01. The Hall–Kier alpha value is -1.88. The molecule has 0 atom stereocenters. The van der Waals surface area contributed by atoms with Crippen LogP contribution in [0.1, 0.15) is 23.1 Å². The Bertz CT molecular complexity index is 639. The molecule has 5 heteroatoms. The molecule has 3 N–H and O–H groups in total. The maximum Gasteiger partial charge on any atom is 0.134 e. The minimum atomic E-state index is 0.0264. The Balaban J connectivity index is 1.91. The summed E-state index contributed by atoms with van der Waals surface area (Å²) in [6.07, 6.45) is 5.14. The molecule has 19 heavy (non-hydrogen) atoms. The Morgan fingerprint density at radius 3 is 2.89 bits per heavy atom. The number of benzene rings is 1. The summed E-state index contributed by atoms with van der Waals surface area (Å²) in [5, 5.41) is 16.2. The zero-order chi connectivity index (χ0) is 13.2. The fourth-order valence-electron chi connectivity index (χ4n) is 2.32. The summed E-state index contributed by atoms with van der Waals surface area (Å²) < 4.78 is 0. The first-order valence-electron chi connectivity index (χ1n) is 6.20. The SMILES string of the molecule is N=C(N)c1ccnnc1Sc1ccc2c(c1)CCC2. The predicted molar refractivity (Wildman–Crippen MR) is 75.6 cm³/mol. The molecular weight excluding hydrogens is 256 g/mol. The molecular formula is C14H14N4S. The van der Waals surface area contributed by atoms with Crippen molar-refractivity contribution in [1.82, 2.24) is 10.2 Å². The van der Waals surface area contributed by atoms with Gasteiger partial charge in [0, 0.05) is 4.90 Å². The molecule has 1 aliphatic rings. The molecule has 3 rings (SSSR count). The monoisotopic (exact) mass is 270 g/mol. The van der Waals surface area contributed by atoms with E-state index in [0.717, 1.165) is 11.3 Å². The van der Waals surface area contributed by atoms with Gasteiger partial charge in [-0.05, 0) is 48.6 Å². The van der Waals surface area contributed by atoms with Gasteiger partial charge in [-0.25, -0.2) is 0 Å². The van der Waals surface area contributed by atoms with Gasteiger partial charge in [0.1, 0.15) is 10.9 Å². The number of nitrogens with zero attached hydrogens (tertiary/aromatic N) is 2. The van der Waals surface area contributed by atoms with E-state index in [2.05, 4.69) is 28.4 Å². The van der Waals surface area contributed by atoms with E-state index in [1.165, 1.54) is 35.7 Å². The third-order valence-corrected chi connectivity index (χ3v) is 4.25. The summed E-state index contributed by atoms with van der Waals surface area (Å²) in [5.74, 6) is 0.0264. The van der Waals surface area contributed by atoms with Crippen LogP contribution >= 0.6 is 11.8 Å². The number of nitrogen functional groups attached to an aromatic ring is 1. The highest BCUT2D eigenvalue weighted by molar-refractivity contribution is 7.99. The quantitative estimate of drug-likeness (QED) is 0.663. The second-order valence-corrected chi connectivity index (χ2v) is 5.61. The average molecular weight is 270 g/mol. The van der Waals surface area contributed by atoms with Gasteiger partial charge < -0.3 is 5.73 Å². The molecule has 0 saturated carbocycles. The zero-order valence-corrected chi connectivity index (χ0v) is 11.2. The number of fused-ring (bicyclic) bond motifs is 1. The number of hydrogen-bond acceptors (Lipinski definition) is 4. The van der Waals surface area contributed by atoms with E-state index in [0.29, 0.717) is 10.6 Å². The summed E-state index contributed by atoms with van der Waals surface area (Å²) in [4.78, 5) is 1.13. The van der Waals surface area contributed by atoms with Gasteiger partial charge in [-0.1, -0.05) is 17.8 Å². The maximum atomic E-state index is 7.56. The number of nitrogens with one attached hydrogen (secondary N) is 1. The minimum Gasteiger partial charge on any atom is -0.384 e. The van der Waals surface area contributed by atoms with Crippen molar-refractivity contribution in [3.05, 3.63) is 47.2 Å². The van der Waals surface area contributed by atoms with Gasteiger partial charge in [-0.2, -0.15) is 5.10 Å². The van der Waals surface area contributed by atoms with Crippen molar-refractivity contribution < 1.29 is 0 Å². The van der Waals surface area contributed by atoms with E-state index in [4.69, 9.17) is 11.1 Å². The number of aromatic nitrogens is 2. The van der Waals surface area contributed by atoms with Gasteiger partial charge in [-0.15, -0.1) is 5.10 Å². The molecule has 96 valence electrons. The summed E-state index contributed by atoms with van der Waals surface area (Å²) in [7, 11) is 0. The first kappa shape index (κ1) is 12.2. The van der Waals surface area contributed by atoms with E-state index in [1.54, 1.807) is 12.3 Å². The van der Waals surface area contributed by atoms with E-state index in [9.17, 15) is 0 Å². The van der Waals surface area contributed by atoms with E-state index in [1.807, 2.05) is 0 Å². The lowest BCUT2D eigenvalue weighted by molar-refractivity contribution is 0.911. The molecule has 0 fully saturated rings. The van der Waals surface area contributed by atoms with Crippen LogP contribution in [-0.4, -0.2) is 16.0 Å². The minimum absolute atomic E-state index is 0.0264. The molecule has 4 nitrogen and oxygen atoms in total. The van der Waals surface area contributed by atoms with Crippen molar-refractivity contribution in [1.29, 1.82) is 5.41 Å². The summed E-state index contributed by atoms with van der Waals surface area (Å²) in [5.41, 5.74) is 9.08. The smallest absolute Gasteiger partial charge is 0.134 e. The molecule has 1 aliphatic carbocycles. The van der Waals surface area contributed by atoms with Crippen LogP contribution in [0, 0.1) is 5.41 Å². The molecule has 0 saturated heterocycles. The molecule has 0 spiro atoms. The van der Waals surface area contributed by atoms with Crippen molar-refractivity contribution in [3.63, 3.8) is 0 Å². The zero-order valence-electron chi connectivity index (χ0n) is 10.4. The number of hydrogen-bond donors (Lipinski definition) is 2. The summed E-state index contributed by atoms with van der Waals surface area (Å²) in [6.45, 7) is 0. The second-order valence-electron chi connectivity index (χ2n) is 4.55. The fourth-order valence-corrected chi connectivity index (χ4v) is 3.26. The summed E-state index contributed by atoms with van der Waals surface area (Å²) in [6, 6.07) is 8.23. The molecule has 0 aliphatic heterocycles. The topological polar surface area (TPSA) is 75.7 Å². The predicted octanol–water partition coefficient (Wildman–Crippen LogP) is 2.40. The first-order valence-corrected chi connectivity index (χ1v) is 7.01. The highest BCUT2D eigenvalue weighted by Crippen LogP contribution is 2.32. The van der Waals surface area contributed by atoms with Gasteiger partial charge >= 0.3 is 0 Å². The van der Waals surface area contributed by atoms with Gasteiger partial charge in [-0.3, -0.25) is 5.41 Å². The molecule has 2 aromatic rings. The number of aryl methyl sites for hydroxylation is 2. The van der Waals surface area contributed by atoms with Crippen LogP contribution in [0.3, 0.4) is 0 Å². The Morgan fingerprint density at radius 1 is 1.21 bits per heavy atom. The largest absolute Gasteiger partial charge is 0.384 e. The van der Waals surface area contributed by atoms with Crippen LogP contribution in [0.25, 0.3) is 0 Å². The lowest BCUT2D eigenvalue weighted by Crippen LogP contribution is -2.13. The molecule has 1 aromatic heterocycles. The van der Waals surface area contributed by atoms with Crippen molar-refractivity contribution in [2.75, 3.05) is 0 Å². The third kappa shape index (κ3) is 2.46. The van der Waals surface area contributed by atoms with Gasteiger partial charge in [0.25, 0.3) is 0 Å². The number of amidine groups is 1. The van der Waals surface area contributed by atoms with Crippen LogP contribution in [0.4, 0.5) is 0 Å². The van der Waals surface area contributed by atoms with Crippen molar-refractivity contribution in [2.24, 2.45) is 5.73 Å². The van der Waals surface area contributed by atoms with Crippen LogP contribution in [-0.2, 0) is 12.8 Å². The first-order chi connectivity index (χ1) is 9.24. The Morgan fingerprint density at radius 2 is 2.05 bits per heavy atom. The standard InChI is InChI=1S/C14H14N4S/c15-13(16)12-6-7-17-18-14(12)19-11-5-4-9-2-1-3-10(9)8-11/h4-8H,1-3H2,(H3,15,16). The molecule has 1 aromatic carbocycles. The lowest BCUT2D eigenvalue weighted by atomic mass is 10.1. The van der Waals surface area contributed by atoms with Crippen LogP contribution in [0.15, 0.2) is 40.4 Å². The molecule has 0 amide bonds. The van der Waals surface area contributed by atoms with E-state index >= 15 is 0 Å². The number of rotatable bonds is 3. The van der Waals surface area contributed by atoms with Gasteiger partial charge in [0.05, 0.1) is 11.8 Å². The molecule has 0 radical (unpaired) electrons. The third-order valence-electron chi connectivity index (χ3n) is 3.26. The van der Waals surface area contributed by atoms with Gasteiger partial charge in [0.15, 0.2) is 0 Å². The van der Waals surface area contributed by atoms with Crippen molar-refractivity contribution in [3.8, 4) is 0 Å². The highest BCUT2D eigenvalue weighted by atomic mass is 32.2. The maximum absolute atomic E-state index is 7.56. The highest BCUT2D eigenvalue weighted by Gasteiger charge is 2.13. The fraction of sp³-hybridized carbons (Fsp3) is 0.214.